The number of allylic oxidation sites excluding steroid dienone is 4. The van der Waals surface area contributed by atoms with Crippen LogP contribution in [0.2, 0.25) is 0 Å². The Morgan fingerprint density at radius 2 is 2.16 bits per heavy atom. The van der Waals surface area contributed by atoms with Crippen molar-refractivity contribution in [2.45, 2.75) is 6.42 Å². The predicted molar refractivity (Wildman–Crippen MR) is 71.3 cm³/mol. The van der Waals surface area contributed by atoms with Crippen molar-refractivity contribution in [1.29, 1.82) is 5.26 Å². The van der Waals surface area contributed by atoms with Crippen molar-refractivity contribution >= 4 is 12.2 Å². The van der Waals surface area contributed by atoms with Crippen molar-refractivity contribution in [2.75, 3.05) is 0 Å². The number of hydrogen-bond acceptors (Lipinski definition) is 4. The lowest BCUT2D eigenvalue weighted by Gasteiger charge is -2.16. The first-order chi connectivity index (χ1) is 9.26. The summed E-state index contributed by atoms with van der Waals surface area (Å²) in [5, 5.41) is 12.8. The van der Waals surface area contributed by atoms with Gasteiger partial charge in [-0.15, -0.1) is 0 Å². The molecule has 1 atom stereocenters. The van der Waals surface area contributed by atoms with E-state index in [1.807, 2.05) is 18.2 Å². The van der Waals surface area contributed by atoms with Gasteiger partial charge in [-0.1, -0.05) is 47.7 Å². The molecule has 4 heteroatoms. The minimum Gasteiger partial charge on any atom is -0.313 e. The fourth-order valence-electron chi connectivity index (χ4n) is 1.64. The van der Waals surface area contributed by atoms with Gasteiger partial charge in [0, 0.05) is 0 Å². The highest BCUT2D eigenvalue weighted by atomic mass is 16.7. The van der Waals surface area contributed by atoms with Gasteiger partial charge in [-0.3, -0.25) is 0 Å². The van der Waals surface area contributed by atoms with Crippen molar-refractivity contribution in [3.8, 4) is 6.07 Å². The quantitative estimate of drug-likeness (QED) is 0.472. The molecule has 1 aliphatic rings. The van der Waals surface area contributed by atoms with Gasteiger partial charge in [-0.25, -0.2) is 4.79 Å². The average molecular weight is 252 g/mol. The van der Waals surface area contributed by atoms with Crippen LogP contribution in [0.25, 0.3) is 0 Å². The monoisotopic (exact) mass is 252 g/mol. The number of rotatable bonds is 3. The molecule has 0 amide bonds. The third-order valence-electron chi connectivity index (χ3n) is 2.73. The van der Waals surface area contributed by atoms with Crippen LogP contribution in [0.5, 0.6) is 0 Å². The molecule has 4 nitrogen and oxygen atoms in total. The fourth-order valence-corrected chi connectivity index (χ4v) is 1.64. The van der Waals surface area contributed by atoms with E-state index >= 15 is 0 Å². The molecule has 0 heterocycles. The third kappa shape index (κ3) is 3.17. The smallest absolute Gasteiger partial charge is 0.313 e. The molecule has 0 radical (unpaired) electrons. The van der Waals surface area contributed by atoms with Crippen LogP contribution < -0.4 is 0 Å². The van der Waals surface area contributed by atoms with Crippen molar-refractivity contribution in [3.05, 3.63) is 60.2 Å². The Morgan fingerprint density at radius 3 is 2.79 bits per heavy atom. The standard InChI is InChI=1S/C15H12N2O2/c16-11-15(9-5-2-6-10-15)12-17-19-14(18)13-7-3-1-4-8-13/h1-9,12H,10H2/b17-12-. The van der Waals surface area contributed by atoms with Crippen molar-refractivity contribution in [2.24, 2.45) is 10.6 Å². The van der Waals surface area contributed by atoms with E-state index in [1.165, 1.54) is 6.21 Å². The molecule has 0 saturated carbocycles. The topological polar surface area (TPSA) is 62.4 Å². The van der Waals surface area contributed by atoms with Crippen LogP contribution in [-0.4, -0.2) is 12.2 Å². The molecule has 0 spiro atoms. The lowest BCUT2D eigenvalue weighted by Crippen LogP contribution is -2.18. The molecule has 19 heavy (non-hydrogen) atoms. The summed E-state index contributed by atoms with van der Waals surface area (Å²) in [7, 11) is 0. The molecule has 0 N–H and O–H groups in total. The van der Waals surface area contributed by atoms with Crippen LogP contribution in [0.15, 0.2) is 59.8 Å². The summed E-state index contributed by atoms with van der Waals surface area (Å²) in [4.78, 5) is 16.4. The fraction of sp³-hybridized carbons (Fsp3) is 0.133. The first-order valence-electron chi connectivity index (χ1n) is 5.82. The van der Waals surface area contributed by atoms with Gasteiger partial charge < -0.3 is 4.84 Å². The molecule has 0 bridgehead atoms. The van der Waals surface area contributed by atoms with Crippen molar-refractivity contribution in [3.63, 3.8) is 0 Å². The Balaban J connectivity index is 2.01. The summed E-state index contributed by atoms with van der Waals surface area (Å²) < 4.78 is 0. The van der Waals surface area contributed by atoms with Gasteiger partial charge in [-0.05, 0) is 18.6 Å². The van der Waals surface area contributed by atoms with Crippen LogP contribution in [0, 0.1) is 16.7 Å². The minimum atomic E-state index is -0.828. The van der Waals surface area contributed by atoms with Gasteiger partial charge in [0.25, 0.3) is 0 Å². The summed E-state index contributed by atoms with van der Waals surface area (Å²) in [5.41, 5.74) is -0.407. The molecule has 0 aliphatic heterocycles. The number of carbonyl (C=O) groups excluding carboxylic acids is 1. The third-order valence-corrected chi connectivity index (χ3v) is 2.73. The van der Waals surface area contributed by atoms with Gasteiger partial charge in [0.2, 0.25) is 0 Å². The number of carbonyl (C=O) groups is 1. The number of nitrogens with zero attached hydrogens (tertiary/aromatic N) is 2. The van der Waals surface area contributed by atoms with Crippen LogP contribution >= 0.6 is 0 Å². The van der Waals surface area contributed by atoms with Crippen LogP contribution in [0.3, 0.4) is 0 Å². The first-order valence-corrected chi connectivity index (χ1v) is 5.82. The molecule has 0 saturated heterocycles. The summed E-state index contributed by atoms with van der Waals surface area (Å²) in [6.45, 7) is 0. The zero-order chi connectivity index (χ0) is 13.6. The highest BCUT2D eigenvalue weighted by molar-refractivity contribution is 5.89. The van der Waals surface area contributed by atoms with Gasteiger partial charge in [-0.2, -0.15) is 5.26 Å². The number of oxime groups is 1. The molecule has 1 unspecified atom stereocenters. The summed E-state index contributed by atoms with van der Waals surface area (Å²) in [6, 6.07) is 10.7. The van der Waals surface area contributed by atoms with Crippen LogP contribution in [0.1, 0.15) is 16.8 Å². The van der Waals surface area contributed by atoms with Gasteiger partial charge in [0.05, 0.1) is 17.8 Å². The number of nitriles is 1. The molecule has 0 fully saturated rings. The van der Waals surface area contributed by atoms with E-state index in [0.717, 1.165) is 0 Å². The first kappa shape index (κ1) is 12.8. The summed E-state index contributed by atoms with van der Waals surface area (Å²) in [5.74, 6) is -0.541. The zero-order valence-electron chi connectivity index (χ0n) is 10.2. The van der Waals surface area contributed by atoms with Gasteiger partial charge in [0.15, 0.2) is 0 Å². The maximum Gasteiger partial charge on any atom is 0.365 e. The molecular formula is C15H12N2O2. The van der Waals surface area contributed by atoms with Crippen LogP contribution in [-0.2, 0) is 4.84 Å². The minimum absolute atomic E-state index is 0.421. The Bertz CT molecular complexity index is 582. The van der Waals surface area contributed by atoms with Crippen LogP contribution in [0.4, 0.5) is 0 Å². The summed E-state index contributed by atoms with van der Waals surface area (Å²) >= 11 is 0. The van der Waals surface area contributed by atoms with Crippen molar-refractivity contribution < 1.29 is 9.63 Å². The second-order valence-corrected chi connectivity index (χ2v) is 4.12. The normalized spacial score (nSPS) is 21.2. The highest BCUT2D eigenvalue weighted by Crippen LogP contribution is 2.24. The van der Waals surface area contributed by atoms with E-state index in [4.69, 9.17) is 10.1 Å². The summed E-state index contributed by atoms with van der Waals surface area (Å²) in [6.07, 6.45) is 9.11. The second kappa shape index (κ2) is 5.78. The lowest BCUT2D eigenvalue weighted by molar-refractivity contribution is 0.0516. The maximum atomic E-state index is 11.6. The predicted octanol–water partition coefficient (Wildman–Crippen LogP) is 2.86. The number of hydrogen-bond donors (Lipinski definition) is 0. The van der Waals surface area contributed by atoms with E-state index in [0.29, 0.717) is 12.0 Å². The molecule has 94 valence electrons. The SMILES string of the molecule is N#CC1(/C=N\OC(=O)c2ccccc2)C=CC=CC1. The van der Waals surface area contributed by atoms with E-state index in [1.54, 1.807) is 36.4 Å². The van der Waals surface area contributed by atoms with Gasteiger partial charge in [0.1, 0.15) is 5.41 Å². The highest BCUT2D eigenvalue weighted by Gasteiger charge is 2.25. The Kier molecular flexibility index (Phi) is 3.89. The molecule has 2 rings (SSSR count). The average Bonchev–Trinajstić information content (AvgIpc) is 2.49. The Labute approximate surface area is 111 Å². The molecule has 1 aliphatic carbocycles. The molecule has 1 aromatic carbocycles. The maximum absolute atomic E-state index is 11.6. The number of benzene rings is 1. The Hall–Kier alpha value is -2.67. The largest absolute Gasteiger partial charge is 0.365 e. The second-order valence-electron chi connectivity index (χ2n) is 4.12. The van der Waals surface area contributed by atoms with E-state index < -0.39 is 11.4 Å². The van der Waals surface area contributed by atoms with E-state index in [2.05, 4.69) is 11.2 Å². The van der Waals surface area contributed by atoms with Crippen molar-refractivity contribution in [1.82, 2.24) is 0 Å². The Morgan fingerprint density at radius 1 is 1.37 bits per heavy atom. The molecule has 1 aromatic rings. The zero-order valence-corrected chi connectivity index (χ0v) is 10.2. The van der Waals surface area contributed by atoms with E-state index in [-0.39, 0.29) is 0 Å². The molecular weight excluding hydrogens is 240 g/mol. The lowest BCUT2D eigenvalue weighted by atomic mass is 9.85. The van der Waals surface area contributed by atoms with Gasteiger partial charge >= 0.3 is 5.97 Å². The molecule has 0 aromatic heterocycles. The van der Waals surface area contributed by atoms with E-state index in [9.17, 15) is 4.79 Å².